The molecule has 0 radical (unpaired) electrons. The average molecular weight is 403 g/mol. The number of benzene rings is 2. The van der Waals surface area contributed by atoms with Crippen LogP contribution in [0.4, 0.5) is 11.4 Å². The lowest BCUT2D eigenvalue weighted by Crippen LogP contribution is -2.25. The molecule has 0 aliphatic carbocycles. The van der Waals surface area contributed by atoms with E-state index in [0.717, 1.165) is 23.8 Å². The predicted molar refractivity (Wildman–Crippen MR) is 105 cm³/mol. The van der Waals surface area contributed by atoms with Crippen molar-refractivity contribution in [2.45, 2.75) is 20.3 Å². The summed E-state index contributed by atoms with van der Waals surface area (Å²) in [5, 5.41) is 24.5. The van der Waals surface area contributed by atoms with E-state index in [1.807, 2.05) is 26.0 Å². The molecule has 0 unspecified atom stereocenters. The summed E-state index contributed by atoms with van der Waals surface area (Å²) < 4.78 is 11.1. The van der Waals surface area contributed by atoms with Crippen molar-refractivity contribution in [2.75, 3.05) is 19.8 Å². The number of hydrogen-bond donors (Lipinski definition) is 1. The summed E-state index contributed by atoms with van der Waals surface area (Å²) in [4.78, 5) is 32.6. The highest BCUT2D eigenvalue weighted by Crippen LogP contribution is 2.28. The van der Waals surface area contributed by atoms with Crippen molar-refractivity contribution in [1.29, 1.82) is 0 Å². The number of nitro benzene ring substituents is 2. The zero-order valence-electron chi connectivity index (χ0n) is 16.0. The van der Waals surface area contributed by atoms with Crippen LogP contribution in [0, 0.1) is 20.2 Å². The Morgan fingerprint density at radius 3 is 2.07 bits per heavy atom. The second-order valence-corrected chi connectivity index (χ2v) is 5.91. The lowest BCUT2D eigenvalue weighted by molar-refractivity contribution is -0.394. The summed E-state index contributed by atoms with van der Waals surface area (Å²) in [7, 11) is 0. The van der Waals surface area contributed by atoms with Gasteiger partial charge >= 0.3 is 0 Å². The van der Waals surface area contributed by atoms with E-state index < -0.39 is 27.1 Å². The zero-order valence-corrected chi connectivity index (χ0v) is 16.0. The molecule has 29 heavy (non-hydrogen) atoms. The Morgan fingerprint density at radius 1 is 0.931 bits per heavy atom. The molecular weight excluding hydrogens is 382 g/mol. The van der Waals surface area contributed by atoms with E-state index in [1.54, 1.807) is 6.07 Å². The van der Waals surface area contributed by atoms with E-state index in [4.69, 9.17) is 9.47 Å². The van der Waals surface area contributed by atoms with Crippen LogP contribution in [0.1, 0.15) is 29.8 Å². The van der Waals surface area contributed by atoms with E-state index in [9.17, 15) is 25.0 Å². The fourth-order valence-corrected chi connectivity index (χ4v) is 2.61. The number of carbonyl (C=O) groups is 1. The summed E-state index contributed by atoms with van der Waals surface area (Å²) >= 11 is 0. The van der Waals surface area contributed by atoms with Gasteiger partial charge in [0, 0.05) is 18.7 Å². The van der Waals surface area contributed by atoms with Gasteiger partial charge in [-0.3, -0.25) is 25.0 Å². The average Bonchev–Trinajstić information content (AvgIpc) is 2.69. The third-order valence-corrected chi connectivity index (χ3v) is 3.89. The summed E-state index contributed by atoms with van der Waals surface area (Å²) in [6, 6.07) is 8.27. The van der Waals surface area contributed by atoms with E-state index in [2.05, 4.69) is 5.32 Å². The van der Waals surface area contributed by atoms with Crippen LogP contribution < -0.4 is 14.8 Å². The van der Waals surface area contributed by atoms with Crippen molar-refractivity contribution in [1.82, 2.24) is 5.32 Å². The minimum Gasteiger partial charge on any atom is -0.490 e. The number of amides is 1. The van der Waals surface area contributed by atoms with Crippen LogP contribution in [0.15, 0.2) is 36.4 Å². The molecule has 10 heteroatoms. The molecule has 0 aromatic heterocycles. The van der Waals surface area contributed by atoms with Gasteiger partial charge < -0.3 is 14.8 Å². The van der Waals surface area contributed by atoms with Crippen molar-refractivity contribution in [3.63, 3.8) is 0 Å². The number of nitrogens with zero attached hydrogens (tertiary/aromatic N) is 2. The molecule has 0 saturated carbocycles. The first-order chi connectivity index (χ1) is 13.8. The van der Waals surface area contributed by atoms with Crippen molar-refractivity contribution in [2.24, 2.45) is 0 Å². The highest BCUT2D eigenvalue weighted by atomic mass is 16.6. The van der Waals surface area contributed by atoms with Crippen LogP contribution in [-0.2, 0) is 6.42 Å². The third-order valence-electron chi connectivity index (χ3n) is 3.89. The first kappa shape index (κ1) is 21.6. The fraction of sp³-hybridized carbons (Fsp3) is 0.316. The van der Waals surface area contributed by atoms with Crippen molar-refractivity contribution in [3.05, 3.63) is 67.8 Å². The van der Waals surface area contributed by atoms with Gasteiger partial charge in [-0.1, -0.05) is 6.07 Å². The van der Waals surface area contributed by atoms with Gasteiger partial charge in [0.15, 0.2) is 11.5 Å². The highest BCUT2D eigenvalue weighted by Gasteiger charge is 2.19. The number of ether oxygens (including phenoxy) is 2. The Kier molecular flexibility index (Phi) is 7.47. The van der Waals surface area contributed by atoms with Crippen LogP contribution in [-0.4, -0.2) is 35.5 Å². The maximum absolute atomic E-state index is 12.3. The van der Waals surface area contributed by atoms with Crippen molar-refractivity contribution >= 4 is 17.3 Å². The van der Waals surface area contributed by atoms with Crippen LogP contribution >= 0.6 is 0 Å². The number of nitrogens with one attached hydrogen (secondary N) is 1. The first-order valence-corrected chi connectivity index (χ1v) is 8.96. The molecule has 0 bridgehead atoms. The molecular formula is C19H21N3O7. The van der Waals surface area contributed by atoms with Gasteiger partial charge in [0.05, 0.1) is 34.7 Å². The SMILES string of the molecule is CCOc1ccc(CCNC(=O)c2cc([N+](=O)[O-])cc([N+](=O)[O-])c2)cc1OCC. The Labute approximate surface area is 166 Å². The number of carbonyl (C=O) groups excluding carboxylic acids is 1. The molecule has 10 nitrogen and oxygen atoms in total. The third kappa shape index (κ3) is 5.89. The molecule has 154 valence electrons. The summed E-state index contributed by atoms with van der Waals surface area (Å²) in [5.41, 5.74) is -0.288. The smallest absolute Gasteiger partial charge is 0.277 e. The number of rotatable bonds is 10. The topological polar surface area (TPSA) is 134 Å². The molecule has 0 fully saturated rings. The second-order valence-electron chi connectivity index (χ2n) is 5.91. The molecule has 2 rings (SSSR count). The van der Waals surface area contributed by atoms with Gasteiger partial charge in [-0.25, -0.2) is 0 Å². The normalized spacial score (nSPS) is 10.3. The van der Waals surface area contributed by atoms with Crippen LogP contribution in [0.25, 0.3) is 0 Å². The molecule has 0 atom stereocenters. The summed E-state index contributed by atoms with van der Waals surface area (Å²) in [6.45, 7) is 4.95. The van der Waals surface area contributed by atoms with Gasteiger partial charge in [0.1, 0.15) is 0 Å². The fourth-order valence-electron chi connectivity index (χ4n) is 2.61. The van der Waals surface area contributed by atoms with Gasteiger partial charge in [-0.15, -0.1) is 0 Å². The van der Waals surface area contributed by atoms with Gasteiger partial charge in [0.2, 0.25) is 0 Å². The molecule has 0 spiro atoms. The van der Waals surface area contributed by atoms with E-state index in [-0.39, 0.29) is 12.1 Å². The minimum atomic E-state index is -0.779. The van der Waals surface area contributed by atoms with Crippen LogP contribution in [0.5, 0.6) is 11.5 Å². The Hall–Kier alpha value is -3.69. The molecule has 0 heterocycles. The van der Waals surface area contributed by atoms with Crippen molar-refractivity contribution < 1.29 is 24.1 Å². The van der Waals surface area contributed by atoms with Gasteiger partial charge in [-0.05, 0) is 38.0 Å². The first-order valence-electron chi connectivity index (χ1n) is 8.96. The van der Waals surface area contributed by atoms with Gasteiger partial charge in [0.25, 0.3) is 17.3 Å². The molecule has 0 saturated heterocycles. The molecule has 2 aromatic carbocycles. The molecule has 2 aromatic rings. The molecule has 0 aliphatic heterocycles. The number of non-ortho nitro benzene ring substituents is 2. The van der Waals surface area contributed by atoms with E-state index in [0.29, 0.717) is 31.1 Å². The maximum atomic E-state index is 12.3. The monoisotopic (exact) mass is 403 g/mol. The molecule has 1 amide bonds. The predicted octanol–water partition coefficient (Wildman–Crippen LogP) is 3.27. The molecule has 0 aliphatic rings. The number of hydrogen-bond acceptors (Lipinski definition) is 7. The lowest BCUT2D eigenvalue weighted by atomic mass is 10.1. The maximum Gasteiger partial charge on any atom is 0.277 e. The second kappa shape index (κ2) is 10.0. The van der Waals surface area contributed by atoms with Gasteiger partial charge in [-0.2, -0.15) is 0 Å². The summed E-state index contributed by atoms with van der Waals surface area (Å²) in [6.07, 6.45) is 0.467. The summed E-state index contributed by atoms with van der Waals surface area (Å²) in [5.74, 6) is 0.603. The lowest BCUT2D eigenvalue weighted by Gasteiger charge is -2.12. The van der Waals surface area contributed by atoms with E-state index in [1.165, 1.54) is 0 Å². The Morgan fingerprint density at radius 2 is 1.52 bits per heavy atom. The largest absolute Gasteiger partial charge is 0.490 e. The number of nitro groups is 2. The van der Waals surface area contributed by atoms with Crippen LogP contribution in [0.2, 0.25) is 0 Å². The standard InChI is InChI=1S/C19H21N3O7/c1-3-28-17-6-5-13(9-18(17)29-4-2)7-8-20-19(23)14-10-15(21(24)25)12-16(11-14)22(26)27/h5-6,9-12H,3-4,7-8H2,1-2H3,(H,20,23). The van der Waals surface area contributed by atoms with Crippen LogP contribution in [0.3, 0.4) is 0 Å². The highest BCUT2D eigenvalue weighted by molar-refractivity contribution is 5.95. The van der Waals surface area contributed by atoms with E-state index >= 15 is 0 Å². The Bertz CT molecular complexity index is 882. The zero-order chi connectivity index (χ0) is 21.4. The Balaban J connectivity index is 2.07. The molecule has 1 N–H and O–H groups in total. The quantitative estimate of drug-likeness (QED) is 0.475. The minimum absolute atomic E-state index is 0.146. The van der Waals surface area contributed by atoms with Crippen molar-refractivity contribution in [3.8, 4) is 11.5 Å².